The van der Waals surface area contributed by atoms with Gasteiger partial charge in [-0.1, -0.05) is 28.1 Å². The molecule has 0 aliphatic heterocycles. The maximum atomic E-state index is 11.2. The molecule has 0 N–H and O–H groups in total. The third kappa shape index (κ3) is 4.09. The number of hydrogen-bond donors (Lipinski definition) is 0. The Morgan fingerprint density at radius 1 is 0.760 bits per heavy atom. The summed E-state index contributed by atoms with van der Waals surface area (Å²) in [4.78, 5) is 22.2. The highest BCUT2D eigenvalue weighted by Gasteiger charge is 2.16. The summed E-state index contributed by atoms with van der Waals surface area (Å²) in [6.45, 7) is 3.24. The maximum Gasteiger partial charge on any atom is 0.159 e. The van der Waals surface area contributed by atoms with Crippen LogP contribution in [-0.2, 0) is 25.7 Å². The van der Waals surface area contributed by atoms with Crippen molar-refractivity contribution in [3.05, 3.63) is 68.2 Å². The molecule has 0 radical (unpaired) electrons. The van der Waals surface area contributed by atoms with E-state index in [4.69, 9.17) is 0 Å². The second-order valence-corrected chi connectivity index (χ2v) is 7.75. The number of fused-ring (bicyclic) bond motifs is 2. The number of hydrogen-bond acceptors (Lipinski definition) is 2. The second-order valence-electron chi connectivity index (χ2n) is 6.90. The van der Waals surface area contributed by atoms with Gasteiger partial charge in [-0.15, -0.1) is 0 Å². The van der Waals surface area contributed by atoms with Crippen LogP contribution in [0.15, 0.2) is 34.8 Å². The third-order valence-electron chi connectivity index (χ3n) is 5.07. The summed E-state index contributed by atoms with van der Waals surface area (Å²) in [5.74, 6) is 0.320. The van der Waals surface area contributed by atoms with Crippen LogP contribution in [-0.4, -0.2) is 11.6 Å². The molecule has 0 fully saturated rings. The number of halogens is 1. The number of ketones is 2. The number of rotatable bonds is 2. The van der Waals surface area contributed by atoms with Gasteiger partial charge in [0.25, 0.3) is 0 Å². The van der Waals surface area contributed by atoms with Gasteiger partial charge in [-0.3, -0.25) is 9.59 Å². The van der Waals surface area contributed by atoms with E-state index in [1.807, 2.05) is 24.3 Å². The maximum absolute atomic E-state index is 11.2. The van der Waals surface area contributed by atoms with Gasteiger partial charge in [-0.05, 0) is 92.8 Å². The van der Waals surface area contributed by atoms with Gasteiger partial charge >= 0.3 is 0 Å². The van der Waals surface area contributed by atoms with E-state index in [0.717, 1.165) is 34.9 Å². The Bertz CT molecular complexity index is 836. The molecule has 2 aromatic carbocycles. The van der Waals surface area contributed by atoms with Crippen molar-refractivity contribution in [2.45, 2.75) is 52.4 Å². The van der Waals surface area contributed by atoms with E-state index in [1.54, 1.807) is 13.8 Å². The molecule has 2 aromatic rings. The summed E-state index contributed by atoms with van der Waals surface area (Å²) in [6, 6.07) is 10.1. The number of aryl methyl sites for hydroxylation is 3. The van der Waals surface area contributed by atoms with Crippen molar-refractivity contribution in [2.75, 3.05) is 0 Å². The van der Waals surface area contributed by atoms with Crippen LogP contribution in [0.1, 0.15) is 69.7 Å². The Hall–Kier alpha value is -1.74. The predicted molar refractivity (Wildman–Crippen MR) is 105 cm³/mol. The number of Topliss-reactive ketones (excluding diaryl/α,β-unsaturated/α-hetero) is 2. The molecule has 0 saturated carbocycles. The van der Waals surface area contributed by atoms with E-state index in [0.29, 0.717) is 0 Å². The van der Waals surface area contributed by atoms with E-state index in [9.17, 15) is 9.59 Å². The summed E-state index contributed by atoms with van der Waals surface area (Å²) in [7, 11) is 0. The van der Waals surface area contributed by atoms with Gasteiger partial charge in [-0.25, -0.2) is 0 Å². The summed E-state index contributed by atoms with van der Waals surface area (Å²) >= 11 is 3.51. The highest BCUT2D eigenvalue weighted by Crippen LogP contribution is 2.30. The van der Waals surface area contributed by atoms with Crippen LogP contribution < -0.4 is 0 Å². The molecule has 2 aliphatic rings. The Labute approximate surface area is 157 Å². The summed E-state index contributed by atoms with van der Waals surface area (Å²) in [6.07, 6.45) is 7.07. The molecular formula is C22H23BrO2. The smallest absolute Gasteiger partial charge is 0.159 e. The highest BCUT2D eigenvalue weighted by molar-refractivity contribution is 9.10. The zero-order valence-corrected chi connectivity index (χ0v) is 16.4. The first-order valence-electron chi connectivity index (χ1n) is 8.90. The van der Waals surface area contributed by atoms with Crippen molar-refractivity contribution in [3.63, 3.8) is 0 Å². The zero-order chi connectivity index (χ0) is 18.0. The molecule has 25 heavy (non-hydrogen) atoms. The van der Waals surface area contributed by atoms with Crippen molar-refractivity contribution in [1.29, 1.82) is 0 Å². The fraction of sp³-hybridized carbons (Fsp3) is 0.364. The fourth-order valence-electron chi connectivity index (χ4n) is 3.65. The van der Waals surface area contributed by atoms with Crippen molar-refractivity contribution in [3.8, 4) is 0 Å². The van der Waals surface area contributed by atoms with Gasteiger partial charge in [0.1, 0.15) is 0 Å². The van der Waals surface area contributed by atoms with E-state index in [-0.39, 0.29) is 11.6 Å². The number of benzene rings is 2. The largest absolute Gasteiger partial charge is 0.295 e. The van der Waals surface area contributed by atoms with E-state index in [1.165, 1.54) is 41.5 Å². The Kier molecular flexibility index (Phi) is 5.53. The lowest BCUT2D eigenvalue weighted by Gasteiger charge is -2.04. The molecule has 0 saturated heterocycles. The Morgan fingerprint density at radius 2 is 1.36 bits per heavy atom. The highest BCUT2D eigenvalue weighted by atomic mass is 79.9. The van der Waals surface area contributed by atoms with E-state index in [2.05, 4.69) is 22.0 Å². The topological polar surface area (TPSA) is 34.1 Å². The van der Waals surface area contributed by atoms with Crippen LogP contribution in [0.25, 0.3) is 0 Å². The van der Waals surface area contributed by atoms with Crippen LogP contribution in [0.5, 0.6) is 0 Å². The quantitative estimate of drug-likeness (QED) is 0.624. The van der Waals surface area contributed by atoms with Crippen molar-refractivity contribution in [1.82, 2.24) is 0 Å². The molecule has 0 aromatic heterocycles. The first kappa shape index (κ1) is 18.1. The monoisotopic (exact) mass is 398 g/mol. The molecule has 0 unspecified atom stereocenters. The number of carbonyl (C=O) groups excluding carboxylic acids is 2. The summed E-state index contributed by atoms with van der Waals surface area (Å²) in [5.41, 5.74) is 7.23. The molecule has 0 heterocycles. The van der Waals surface area contributed by atoms with Gasteiger partial charge in [0, 0.05) is 15.6 Å². The molecule has 4 rings (SSSR count). The minimum absolute atomic E-state index is 0.149. The van der Waals surface area contributed by atoms with Crippen LogP contribution in [0, 0.1) is 0 Å². The van der Waals surface area contributed by atoms with Crippen molar-refractivity contribution >= 4 is 27.5 Å². The fourth-order valence-corrected chi connectivity index (χ4v) is 4.35. The van der Waals surface area contributed by atoms with Gasteiger partial charge in [-0.2, -0.15) is 0 Å². The van der Waals surface area contributed by atoms with E-state index >= 15 is 0 Å². The lowest BCUT2D eigenvalue weighted by molar-refractivity contribution is 0.100. The van der Waals surface area contributed by atoms with E-state index < -0.39 is 0 Å². The molecular weight excluding hydrogens is 376 g/mol. The lowest BCUT2D eigenvalue weighted by Crippen LogP contribution is -1.95. The van der Waals surface area contributed by atoms with Gasteiger partial charge in [0.2, 0.25) is 0 Å². The summed E-state index contributed by atoms with van der Waals surface area (Å²) in [5, 5.41) is 0. The standard InChI is InChI=1S/C11H11BrO.C11H12O/c1-7(13)9-5-8-3-2-4-10(8)11(12)6-9;1-8(12)10-6-5-9-3-2-4-11(9)7-10/h5-6H,2-4H2,1H3;5-7H,2-4H2,1H3. The summed E-state index contributed by atoms with van der Waals surface area (Å²) < 4.78 is 1.10. The van der Waals surface area contributed by atoms with Crippen molar-refractivity contribution < 1.29 is 9.59 Å². The lowest BCUT2D eigenvalue weighted by atomic mass is 10.0. The van der Waals surface area contributed by atoms with Crippen molar-refractivity contribution in [2.24, 2.45) is 0 Å². The van der Waals surface area contributed by atoms with Crippen LogP contribution >= 0.6 is 15.9 Å². The molecule has 0 bridgehead atoms. The van der Waals surface area contributed by atoms with Crippen LogP contribution in [0.2, 0.25) is 0 Å². The van der Waals surface area contributed by atoms with Gasteiger partial charge < -0.3 is 0 Å². The third-order valence-corrected chi connectivity index (χ3v) is 5.78. The molecule has 2 aliphatic carbocycles. The first-order valence-corrected chi connectivity index (χ1v) is 9.70. The predicted octanol–water partition coefficient (Wildman–Crippen LogP) is 5.52. The average molecular weight is 399 g/mol. The molecule has 0 amide bonds. The Morgan fingerprint density at radius 3 is 2.08 bits per heavy atom. The number of carbonyl (C=O) groups is 2. The van der Waals surface area contributed by atoms with Gasteiger partial charge in [0.05, 0.1) is 0 Å². The molecule has 130 valence electrons. The first-order chi connectivity index (χ1) is 12.0. The van der Waals surface area contributed by atoms with Crippen LogP contribution in [0.3, 0.4) is 0 Å². The average Bonchev–Trinajstić information content (AvgIpc) is 3.23. The normalized spacial score (nSPS) is 14.4. The zero-order valence-electron chi connectivity index (χ0n) is 14.8. The second kappa shape index (κ2) is 7.65. The SMILES string of the molecule is CC(=O)c1cc(Br)c2c(c1)CCC2.CC(=O)c1ccc2c(c1)CCC2. The minimum Gasteiger partial charge on any atom is -0.295 e. The van der Waals surface area contributed by atoms with Crippen LogP contribution in [0.4, 0.5) is 0 Å². The molecule has 0 atom stereocenters. The Balaban J connectivity index is 0.000000146. The minimum atomic E-state index is 0.149. The molecule has 2 nitrogen and oxygen atoms in total. The van der Waals surface area contributed by atoms with Gasteiger partial charge in [0.15, 0.2) is 11.6 Å². The molecule has 0 spiro atoms. The molecule has 3 heteroatoms.